The number of nitrogens with one attached hydrogen (secondary N) is 2. The summed E-state index contributed by atoms with van der Waals surface area (Å²) in [5, 5.41) is 5.38. The average molecular weight is 393 g/mol. The van der Waals surface area contributed by atoms with Crippen molar-refractivity contribution in [2.45, 2.75) is 19.8 Å². The number of carbonyl (C=O) groups is 2. The van der Waals surface area contributed by atoms with Crippen molar-refractivity contribution in [1.82, 2.24) is 5.32 Å². The monoisotopic (exact) mass is 392 g/mol. The fourth-order valence-corrected chi connectivity index (χ4v) is 2.71. The Labute approximate surface area is 148 Å². The maximum atomic E-state index is 12.8. The zero-order valence-corrected chi connectivity index (χ0v) is 14.8. The van der Waals surface area contributed by atoms with E-state index in [1.807, 2.05) is 19.1 Å². The van der Waals surface area contributed by atoms with Gasteiger partial charge in [0.25, 0.3) is 0 Å². The number of halogens is 2. The normalized spacial score (nSPS) is 10.3. The lowest BCUT2D eigenvalue weighted by atomic mass is 10.1. The van der Waals surface area contributed by atoms with Gasteiger partial charge in [0, 0.05) is 11.0 Å². The molecule has 0 saturated carbocycles. The Morgan fingerprint density at radius 2 is 1.79 bits per heavy atom. The van der Waals surface area contributed by atoms with Crippen molar-refractivity contribution in [3.8, 4) is 0 Å². The number of aryl methyl sites for hydroxylation is 1. The number of anilines is 1. The topological polar surface area (TPSA) is 58.2 Å². The van der Waals surface area contributed by atoms with Crippen LogP contribution in [0.4, 0.5) is 10.1 Å². The van der Waals surface area contributed by atoms with E-state index in [0.29, 0.717) is 18.7 Å². The molecule has 4 nitrogen and oxygen atoms in total. The smallest absolute Gasteiger partial charge is 0.233 e. The van der Waals surface area contributed by atoms with Gasteiger partial charge in [0.05, 0.1) is 5.69 Å². The van der Waals surface area contributed by atoms with Crippen molar-refractivity contribution in [2.24, 2.45) is 0 Å². The van der Waals surface area contributed by atoms with Crippen LogP contribution in [0.3, 0.4) is 0 Å². The quantitative estimate of drug-likeness (QED) is 0.738. The zero-order chi connectivity index (χ0) is 17.5. The fourth-order valence-electron chi connectivity index (χ4n) is 2.12. The number of hydrogen-bond donors (Lipinski definition) is 2. The van der Waals surface area contributed by atoms with Gasteiger partial charge in [-0.3, -0.25) is 9.59 Å². The molecule has 126 valence electrons. The Bertz CT molecular complexity index is 732. The van der Waals surface area contributed by atoms with E-state index in [1.54, 1.807) is 18.2 Å². The summed E-state index contributed by atoms with van der Waals surface area (Å²) >= 11 is 3.37. The van der Waals surface area contributed by atoms with Crippen LogP contribution < -0.4 is 10.6 Å². The number of hydrogen-bond acceptors (Lipinski definition) is 2. The van der Waals surface area contributed by atoms with Gasteiger partial charge in [-0.2, -0.15) is 0 Å². The molecule has 0 aliphatic heterocycles. The minimum atomic E-state index is -0.376. The third-order valence-corrected chi connectivity index (χ3v) is 4.02. The van der Waals surface area contributed by atoms with Crippen molar-refractivity contribution in [3.05, 3.63) is 63.9 Å². The lowest BCUT2D eigenvalue weighted by Gasteiger charge is -2.09. The molecule has 2 N–H and O–H groups in total. The van der Waals surface area contributed by atoms with Crippen molar-refractivity contribution >= 4 is 33.4 Å². The SMILES string of the molecule is Cc1ccc(NC(=O)CC(=O)NCCc2ccc(F)cc2)c(Br)c1. The predicted molar refractivity (Wildman–Crippen MR) is 95.2 cm³/mol. The summed E-state index contributed by atoms with van der Waals surface area (Å²) in [4.78, 5) is 23.7. The number of benzene rings is 2. The Kier molecular flexibility index (Phi) is 6.49. The summed E-state index contributed by atoms with van der Waals surface area (Å²) < 4.78 is 13.6. The highest BCUT2D eigenvalue weighted by molar-refractivity contribution is 9.10. The molecule has 0 atom stereocenters. The maximum absolute atomic E-state index is 12.8. The van der Waals surface area contributed by atoms with E-state index in [2.05, 4.69) is 26.6 Å². The van der Waals surface area contributed by atoms with Crippen LogP contribution in [0, 0.1) is 12.7 Å². The second kappa shape index (κ2) is 8.59. The number of amides is 2. The lowest BCUT2D eigenvalue weighted by Crippen LogP contribution is -2.29. The highest BCUT2D eigenvalue weighted by atomic mass is 79.9. The average Bonchev–Trinajstić information content (AvgIpc) is 2.52. The van der Waals surface area contributed by atoms with E-state index in [1.165, 1.54) is 12.1 Å². The molecule has 0 aromatic heterocycles. The Morgan fingerprint density at radius 3 is 2.46 bits per heavy atom. The van der Waals surface area contributed by atoms with Crippen LogP contribution in [0.25, 0.3) is 0 Å². The first kappa shape index (κ1) is 18.1. The molecule has 2 amide bonds. The van der Waals surface area contributed by atoms with E-state index in [9.17, 15) is 14.0 Å². The first-order valence-corrected chi connectivity index (χ1v) is 8.30. The molecule has 0 spiro atoms. The molecule has 2 aromatic carbocycles. The van der Waals surface area contributed by atoms with Crippen molar-refractivity contribution in [1.29, 1.82) is 0 Å². The largest absolute Gasteiger partial charge is 0.355 e. The van der Waals surface area contributed by atoms with Crippen molar-refractivity contribution in [3.63, 3.8) is 0 Å². The predicted octanol–water partition coefficient (Wildman–Crippen LogP) is 3.58. The van der Waals surface area contributed by atoms with Gasteiger partial charge in [-0.15, -0.1) is 0 Å². The summed E-state index contributed by atoms with van der Waals surface area (Å²) in [6.07, 6.45) is 0.334. The molecular formula is C18H18BrFN2O2. The number of carbonyl (C=O) groups excluding carboxylic acids is 2. The van der Waals surface area contributed by atoms with Crippen LogP contribution in [0.15, 0.2) is 46.9 Å². The van der Waals surface area contributed by atoms with E-state index < -0.39 is 0 Å². The third kappa shape index (κ3) is 5.77. The van der Waals surface area contributed by atoms with E-state index in [-0.39, 0.29) is 24.1 Å². The molecule has 0 fully saturated rings. The van der Waals surface area contributed by atoms with Gasteiger partial charge in [-0.05, 0) is 64.7 Å². The molecule has 2 rings (SSSR count). The van der Waals surface area contributed by atoms with Gasteiger partial charge in [0.15, 0.2) is 0 Å². The minimum Gasteiger partial charge on any atom is -0.355 e. The second-order valence-electron chi connectivity index (χ2n) is 5.43. The molecule has 0 unspecified atom stereocenters. The highest BCUT2D eigenvalue weighted by Gasteiger charge is 2.11. The number of rotatable bonds is 6. The maximum Gasteiger partial charge on any atom is 0.233 e. The van der Waals surface area contributed by atoms with Gasteiger partial charge in [0.1, 0.15) is 12.2 Å². The molecule has 0 bridgehead atoms. The van der Waals surface area contributed by atoms with Crippen LogP contribution in [-0.2, 0) is 16.0 Å². The molecular weight excluding hydrogens is 375 g/mol. The third-order valence-electron chi connectivity index (χ3n) is 3.37. The summed E-state index contributed by atoms with van der Waals surface area (Å²) in [5.74, 6) is -1.02. The van der Waals surface area contributed by atoms with Crippen molar-refractivity contribution in [2.75, 3.05) is 11.9 Å². The molecule has 0 heterocycles. The lowest BCUT2D eigenvalue weighted by molar-refractivity contribution is -0.126. The van der Waals surface area contributed by atoms with Crippen molar-refractivity contribution < 1.29 is 14.0 Å². The van der Waals surface area contributed by atoms with Gasteiger partial charge in [0.2, 0.25) is 11.8 Å². The highest BCUT2D eigenvalue weighted by Crippen LogP contribution is 2.23. The van der Waals surface area contributed by atoms with Crippen LogP contribution in [0.5, 0.6) is 0 Å². The summed E-state index contributed by atoms with van der Waals surface area (Å²) in [7, 11) is 0. The Morgan fingerprint density at radius 1 is 1.08 bits per heavy atom. The summed E-state index contributed by atoms with van der Waals surface area (Å²) in [6.45, 7) is 2.34. The molecule has 24 heavy (non-hydrogen) atoms. The van der Waals surface area contributed by atoms with E-state index in [4.69, 9.17) is 0 Å². The van der Waals surface area contributed by atoms with Crippen LogP contribution in [0.1, 0.15) is 17.5 Å². The molecule has 0 saturated heterocycles. The van der Waals surface area contributed by atoms with Crippen LogP contribution in [-0.4, -0.2) is 18.4 Å². The fraction of sp³-hybridized carbons (Fsp3) is 0.222. The minimum absolute atomic E-state index is 0.246. The molecule has 2 aromatic rings. The van der Waals surface area contributed by atoms with Gasteiger partial charge in [-0.1, -0.05) is 18.2 Å². The van der Waals surface area contributed by atoms with Gasteiger partial charge >= 0.3 is 0 Å². The van der Waals surface area contributed by atoms with E-state index >= 15 is 0 Å². The molecule has 0 aliphatic rings. The summed E-state index contributed by atoms with van der Waals surface area (Å²) in [5.41, 5.74) is 2.62. The molecule has 0 aliphatic carbocycles. The van der Waals surface area contributed by atoms with Crippen LogP contribution in [0.2, 0.25) is 0 Å². The zero-order valence-electron chi connectivity index (χ0n) is 13.2. The second-order valence-corrected chi connectivity index (χ2v) is 6.29. The van der Waals surface area contributed by atoms with Gasteiger partial charge < -0.3 is 10.6 Å². The molecule has 0 radical (unpaired) electrons. The molecule has 6 heteroatoms. The first-order chi connectivity index (χ1) is 11.4. The first-order valence-electron chi connectivity index (χ1n) is 7.51. The Balaban J connectivity index is 1.75. The van der Waals surface area contributed by atoms with Crippen LogP contribution >= 0.6 is 15.9 Å². The Hall–Kier alpha value is -2.21. The standard InChI is InChI=1S/C18H18BrFN2O2/c1-12-2-7-16(15(19)10-12)22-18(24)11-17(23)21-9-8-13-3-5-14(20)6-4-13/h2-7,10H,8-9,11H2,1H3,(H,21,23)(H,22,24). The summed E-state index contributed by atoms with van der Waals surface area (Å²) in [6, 6.07) is 11.6. The van der Waals surface area contributed by atoms with Gasteiger partial charge in [-0.25, -0.2) is 4.39 Å². The van der Waals surface area contributed by atoms with E-state index in [0.717, 1.165) is 15.6 Å².